The Morgan fingerprint density at radius 1 is 1.04 bits per heavy atom. The summed E-state index contributed by atoms with van der Waals surface area (Å²) in [6, 6.07) is 11.7. The van der Waals surface area contributed by atoms with E-state index in [1.807, 2.05) is 0 Å². The monoisotopic (exact) mass is 356 g/mol. The predicted octanol–water partition coefficient (Wildman–Crippen LogP) is 3.76. The second-order valence-corrected chi connectivity index (χ2v) is 5.14. The van der Waals surface area contributed by atoms with Crippen LogP contribution in [0.25, 0.3) is 0 Å². The summed E-state index contributed by atoms with van der Waals surface area (Å²) in [5.41, 5.74) is 0.0909. The van der Waals surface area contributed by atoms with Gasteiger partial charge in [-0.1, -0.05) is 18.2 Å². The minimum Gasteiger partial charge on any atom is -0.495 e. The average Bonchev–Trinajstić information content (AvgIpc) is 2.65. The van der Waals surface area contributed by atoms with Gasteiger partial charge in [0.25, 0.3) is 5.91 Å². The molecule has 2 N–H and O–H groups in total. The highest BCUT2D eigenvalue weighted by atomic mass is 19.1. The number of amides is 1. The van der Waals surface area contributed by atoms with E-state index in [9.17, 15) is 13.6 Å². The molecule has 26 heavy (non-hydrogen) atoms. The number of ether oxygens (including phenoxy) is 1. The Hall–Kier alpha value is -3.55. The lowest BCUT2D eigenvalue weighted by Crippen LogP contribution is -2.15. The van der Waals surface area contributed by atoms with Crippen LogP contribution in [0.5, 0.6) is 5.75 Å². The van der Waals surface area contributed by atoms with Crippen LogP contribution in [0.4, 0.5) is 26.1 Å². The Bertz CT molecular complexity index is 930. The van der Waals surface area contributed by atoms with Crippen molar-refractivity contribution in [3.8, 4) is 5.75 Å². The highest BCUT2D eigenvalue weighted by Gasteiger charge is 2.14. The molecule has 0 aliphatic carbocycles. The van der Waals surface area contributed by atoms with Crippen molar-refractivity contribution in [3.63, 3.8) is 0 Å². The SMILES string of the molecule is COc1ccccc1NC(=O)c1ccnc(Nc2c(F)cccc2F)n1. The van der Waals surface area contributed by atoms with E-state index in [4.69, 9.17) is 4.74 Å². The van der Waals surface area contributed by atoms with Crippen molar-refractivity contribution >= 4 is 23.2 Å². The molecule has 0 atom stereocenters. The number of nitrogens with one attached hydrogen (secondary N) is 2. The lowest BCUT2D eigenvalue weighted by Gasteiger charge is -2.10. The van der Waals surface area contributed by atoms with Gasteiger partial charge in [0.1, 0.15) is 28.8 Å². The van der Waals surface area contributed by atoms with Crippen LogP contribution in [0.15, 0.2) is 54.7 Å². The number of aromatic nitrogens is 2. The summed E-state index contributed by atoms with van der Waals surface area (Å²) >= 11 is 0. The van der Waals surface area contributed by atoms with Crippen LogP contribution in [0, 0.1) is 11.6 Å². The molecule has 1 aromatic heterocycles. The van der Waals surface area contributed by atoms with Gasteiger partial charge in [-0.05, 0) is 30.3 Å². The largest absolute Gasteiger partial charge is 0.495 e. The van der Waals surface area contributed by atoms with E-state index in [0.29, 0.717) is 11.4 Å². The molecule has 1 amide bonds. The van der Waals surface area contributed by atoms with Gasteiger partial charge in [-0.3, -0.25) is 4.79 Å². The number of methoxy groups -OCH3 is 1. The summed E-state index contributed by atoms with van der Waals surface area (Å²) in [6.45, 7) is 0. The number of para-hydroxylation sites is 3. The van der Waals surface area contributed by atoms with E-state index in [0.717, 1.165) is 12.1 Å². The summed E-state index contributed by atoms with van der Waals surface area (Å²) in [5, 5.41) is 5.11. The fraction of sp³-hybridized carbons (Fsp3) is 0.0556. The van der Waals surface area contributed by atoms with Crippen molar-refractivity contribution in [2.24, 2.45) is 0 Å². The van der Waals surface area contributed by atoms with Crippen LogP contribution in [0.1, 0.15) is 10.5 Å². The van der Waals surface area contributed by atoms with E-state index < -0.39 is 23.2 Å². The molecular weight excluding hydrogens is 342 g/mol. The van der Waals surface area contributed by atoms with Gasteiger partial charge < -0.3 is 15.4 Å². The number of hydrogen-bond acceptors (Lipinski definition) is 5. The van der Waals surface area contributed by atoms with Gasteiger partial charge in [0, 0.05) is 6.20 Å². The third kappa shape index (κ3) is 3.75. The molecule has 8 heteroatoms. The number of carbonyl (C=O) groups excluding carboxylic acids is 1. The van der Waals surface area contributed by atoms with Gasteiger partial charge in [0.15, 0.2) is 0 Å². The zero-order valence-corrected chi connectivity index (χ0v) is 13.7. The van der Waals surface area contributed by atoms with Gasteiger partial charge in [-0.25, -0.2) is 18.7 Å². The van der Waals surface area contributed by atoms with Crippen LogP contribution in [-0.4, -0.2) is 23.0 Å². The van der Waals surface area contributed by atoms with Crippen LogP contribution in [-0.2, 0) is 0 Å². The van der Waals surface area contributed by atoms with Crippen molar-refractivity contribution in [1.82, 2.24) is 9.97 Å². The predicted molar refractivity (Wildman–Crippen MR) is 92.6 cm³/mol. The van der Waals surface area contributed by atoms with Crippen molar-refractivity contribution < 1.29 is 18.3 Å². The Balaban J connectivity index is 1.82. The van der Waals surface area contributed by atoms with Crippen molar-refractivity contribution in [2.45, 2.75) is 0 Å². The molecule has 0 spiro atoms. The summed E-state index contributed by atoms with van der Waals surface area (Å²) < 4.78 is 32.6. The molecule has 0 aliphatic heterocycles. The fourth-order valence-electron chi connectivity index (χ4n) is 2.21. The maximum Gasteiger partial charge on any atom is 0.274 e. The van der Waals surface area contributed by atoms with E-state index >= 15 is 0 Å². The second kappa shape index (κ2) is 7.56. The van der Waals surface area contributed by atoms with Gasteiger partial charge in [-0.2, -0.15) is 0 Å². The molecule has 0 fully saturated rings. The van der Waals surface area contributed by atoms with Crippen LogP contribution >= 0.6 is 0 Å². The Morgan fingerprint density at radius 2 is 1.77 bits per heavy atom. The first-order valence-corrected chi connectivity index (χ1v) is 7.57. The maximum absolute atomic E-state index is 13.7. The molecule has 3 rings (SSSR count). The molecule has 0 radical (unpaired) electrons. The summed E-state index contributed by atoms with van der Waals surface area (Å²) in [5.74, 6) is -1.73. The van der Waals surface area contributed by atoms with Gasteiger partial charge in [0.2, 0.25) is 5.95 Å². The summed E-state index contributed by atoms with van der Waals surface area (Å²) in [7, 11) is 1.49. The minimum absolute atomic E-state index is 0.0187. The molecule has 0 saturated heterocycles. The quantitative estimate of drug-likeness (QED) is 0.728. The smallest absolute Gasteiger partial charge is 0.274 e. The van der Waals surface area contributed by atoms with Crippen molar-refractivity contribution in [2.75, 3.05) is 17.7 Å². The lowest BCUT2D eigenvalue weighted by atomic mass is 10.2. The zero-order valence-electron chi connectivity index (χ0n) is 13.7. The fourth-order valence-corrected chi connectivity index (χ4v) is 2.21. The third-order valence-corrected chi connectivity index (χ3v) is 3.44. The van der Waals surface area contributed by atoms with Crippen molar-refractivity contribution in [3.05, 3.63) is 72.1 Å². The zero-order chi connectivity index (χ0) is 18.5. The van der Waals surface area contributed by atoms with Gasteiger partial charge >= 0.3 is 0 Å². The highest BCUT2D eigenvalue weighted by Crippen LogP contribution is 2.24. The minimum atomic E-state index is -0.794. The van der Waals surface area contributed by atoms with Gasteiger partial charge in [-0.15, -0.1) is 0 Å². The number of halogens is 2. The molecular formula is C18H14F2N4O2. The van der Waals surface area contributed by atoms with E-state index in [1.165, 1.54) is 25.4 Å². The second-order valence-electron chi connectivity index (χ2n) is 5.14. The number of carbonyl (C=O) groups is 1. The standard InChI is InChI=1S/C18H14F2N4O2/c1-26-15-8-3-2-7-13(15)22-17(25)14-9-10-21-18(23-14)24-16-11(19)5-4-6-12(16)20/h2-10H,1H3,(H,22,25)(H,21,23,24). The third-order valence-electron chi connectivity index (χ3n) is 3.44. The molecule has 0 bridgehead atoms. The Morgan fingerprint density at radius 3 is 2.50 bits per heavy atom. The van der Waals surface area contributed by atoms with Crippen LogP contribution in [0.3, 0.4) is 0 Å². The first kappa shape index (κ1) is 17.3. The molecule has 0 saturated carbocycles. The first-order chi connectivity index (χ1) is 12.6. The van der Waals surface area contributed by atoms with Gasteiger partial charge in [0.05, 0.1) is 12.8 Å². The number of hydrogen-bond donors (Lipinski definition) is 2. The first-order valence-electron chi connectivity index (χ1n) is 7.57. The molecule has 1 heterocycles. The summed E-state index contributed by atoms with van der Waals surface area (Å²) in [6.07, 6.45) is 1.31. The summed E-state index contributed by atoms with van der Waals surface area (Å²) in [4.78, 5) is 20.3. The van der Waals surface area contributed by atoms with E-state index in [2.05, 4.69) is 20.6 Å². The van der Waals surface area contributed by atoms with Crippen LogP contribution in [0.2, 0.25) is 0 Å². The van der Waals surface area contributed by atoms with Crippen molar-refractivity contribution in [1.29, 1.82) is 0 Å². The number of nitrogens with zero attached hydrogens (tertiary/aromatic N) is 2. The lowest BCUT2D eigenvalue weighted by molar-refractivity contribution is 0.102. The average molecular weight is 356 g/mol. The number of rotatable bonds is 5. The molecule has 0 unspecified atom stereocenters. The number of benzene rings is 2. The molecule has 2 aromatic carbocycles. The molecule has 0 aliphatic rings. The molecule has 132 valence electrons. The number of anilines is 3. The van der Waals surface area contributed by atoms with Crippen LogP contribution < -0.4 is 15.4 Å². The molecule has 3 aromatic rings. The Kier molecular flexibility index (Phi) is 5.02. The van der Waals surface area contributed by atoms with E-state index in [1.54, 1.807) is 24.3 Å². The normalized spacial score (nSPS) is 10.3. The topological polar surface area (TPSA) is 76.1 Å². The van der Waals surface area contributed by atoms with E-state index in [-0.39, 0.29) is 11.6 Å². The highest BCUT2D eigenvalue weighted by molar-refractivity contribution is 6.03. The Labute approximate surface area is 147 Å². The molecule has 6 nitrogen and oxygen atoms in total. The maximum atomic E-state index is 13.7.